The molecule has 2 heterocycles. The van der Waals surface area contributed by atoms with Gasteiger partial charge in [-0.2, -0.15) is 0 Å². The Hall–Kier alpha value is -1.00. The van der Waals surface area contributed by atoms with Gasteiger partial charge in [-0.3, -0.25) is 14.9 Å². The molecule has 2 unspecified atom stereocenters. The van der Waals surface area contributed by atoms with E-state index in [-0.39, 0.29) is 0 Å². The van der Waals surface area contributed by atoms with Crippen LogP contribution in [0, 0.1) is 12.8 Å². The molecule has 1 aromatic heterocycles. The van der Waals surface area contributed by atoms with Crippen molar-refractivity contribution in [3.63, 3.8) is 0 Å². The maximum absolute atomic E-state index is 4.52. The summed E-state index contributed by atoms with van der Waals surface area (Å²) in [4.78, 5) is 11.5. The zero-order valence-corrected chi connectivity index (χ0v) is 13.4. The van der Waals surface area contributed by atoms with Crippen LogP contribution in [-0.4, -0.2) is 40.0 Å². The molecule has 3 rings (SSSR count). The monoisotopic (exact) mass is 288 g/mol. The summed E-state index contributed by atoms with van der Waals surface area (Å²) in [5.41, 5.74) is 2.09. The molecule has 0 amide bonds. The molecular formula is C17H28N4. The summed E-state index contributed by atoms with van der Waals surface area (Å²) < 4.78 is 0. The number of rotatable bonds is 3. The molecule has 1 aromatic rings. The maximum atomic E-state index is 4.52. The predicted molar refractivity (Wildman–Crippen MR) is 85.0 cm³/mol. The van der Waals surface area contributed by atoms with Crippen LogP contribution in [0.25, 0.3) is 0 Å². The summed E-state index contributed by atoms with van der Waals surface area (Å²) in [6.07, 6.45) is 10.9. The van der Waals surface area contributed by atoms with Crippen molar-refractivity contribution in [3.05, 3.63) is 23.8 Å². The lowest BCUT2D eigenvalue weighted by molar-refractivity contribution is 0.0969. The molecule has 21 heavy (non-hydrogen) atoms. The van der Waals surface area contributed by atoms with Crippen LogP contribution in [-0.2, 0) is 6.54 Å². The summed E-state index contributed by atoms with van der Waals surface area (Å²) in [6.45, 7) is 7.48. The van der Waals surface area contributed by atoms with Crippen LogP contribution in [0.5, 0.6) is 0 Å². The Morgan fingerprint density at radius 1 is 1.19 bits per heavy atom. The van der Waals surface area contributed by atoms with Crippen LogP contribution < -0.4 is 5.32 Å². The Kier molecular flexibility index (Phi) is 4.86. The van der Waals surface area contributed by atoms with Gasteiger partial charge in [0.25, 0.3) is 0 Å². The summed E-state index contributed by atoms with van der Waals surface area (Å²) in [5.74, 6) is 0.873. The standard InChI is InChI=1S/C17H28N4/c1-13-8-19-16(10-18-13)11-21-12-17(20-9-14(21)2)15-6-4-3-5-7-15/h8,10,14-15,17,20H,3-7,9,11-12H2,1-2H3. The normalized spacial score (nSPS) is 28.7. The molecule has 2 atom stereocenters. The molecule has 4 heteroatoms. The maximum Gasteiger partial charge on any atom is 0.0727 e. The van der Waals surface area contributed by atoms with Gasteiger partial charge in [0, 0.05) is 44.1 Å². The van der Waals surface area contributed by atoms with Crippen molar-refractivity contribution in [2.24, 2.45) is 5.92 Å². The second kappa shape index (κ2) is 6.84. The fourth-order valence-corrected chi connectivity index (χ4v) is 3.73. The molecule has 4 nitrogen and oxygen atoms in total. The lowest BCUT2D eigenvalue weighted by atomic mass is 9.82. The first-order valence-electron chi connectivity index (χ1n) is 8.47. The van der Waals surface area contributed by atoms with E-state index in [1.165, 1.54) is 32.1 Å². The second-order valence-electron chi connectivity index (χ2n) is 6.84. The highest BCUT2D eigenvalue weighted by molar-refractivity contribution is 5.02. The molecule has 1 saturated heterocycles. The third kappa shape index (κ3) is 3.80. The average molecular weight is 288 g/mol. The van der Waals surface area contributed by atoms with Gasteiger partial charge < -0.3 is 5.32 Å². The van der Waals surface area contributed by atoms with Gasteiger partial charge in [0.05, 0.1) is 11.4 Å². The van der Waals surface area contributed by atoms with Gasteiger partial charge in [0.1, 0.15) is 0 Å². The highest BCUT2D eigenvalue weighted by Gasteiger charge is 2.31. The largest absolute Gasteiger partial charge is 0.311 e. The van der Waals surface area contributed by atoms with E-state index in [4.69, 9.17) is 0 Å². The van der Waals surface area contributed by atoms with E-state index in [9.17, 15) is 0 Å². The third-order valence-corrected chi connectivity index (χ3v) is 5.15. The van der Waals surface area contributed by atoms with Crippen LogP contribution in [0.2, 0.25) is 0 Å². The molecule has 116 valence electrons. The Balaban J connectivity index is 1.61. The van der Waals surface area contributed by atoms with Crippen molar-refractivity contribution in [1.29, 1.82) is 0 Å². The van der Waals surface area contributed by atoms with E-state index in [1.54, 1.807) is 0 Å². The summed E-state index contributed by atoms with van der Waals surface area (Å²) in [6, 6.07) is 1.24. The van der Waals surface area contributed by atoms with Crippen LogP contribution in [0.3, 0.4) is 0 Å². The highest BCUT2D eigenvalue weighted by atomic mass is 15.2. The number of aryl methyl sites for hydroxylation is 1. The first-order valence-corrected chi connectivity index (χ1v) is 8.47. The number of piperazine rings is 1. The topological polar surface area (TPSA) is 41.1 Å². The number of aromatic nitrogens is 2. The minimum atomic E-state index is 0.577. The van der Waals surface area contributed by atoms with E-state index in [0.717, 1.165) is 36.9 Å². The molecule has 0 bridgehead atoms. The molecule has 0 spiro atoms. The summed E-state index contributed by atoms with van der Waals surface area (Å²) in [5, 5.41) is 3.79. The van der Waals surface area contributed by atoms with Crippen LogP contribution in [0.4, 0.5) is 0 Å². The van der Waals surface area contributed by atoms with Gasteiger partial charge in [-0.25, -0.2) is 0 Å². The third-order valence-electron chi connectivity index (χ3n) is 5.15. The van der Waals surface area contributed by atoms with Gasteiger partial charge in [0.2, 0.25) is 0 Å². The van der Waals surface area contributed by atoms with Crippen LogP contribution >= 0.6 is 0 Å². The molecule has 1 aliphatic carbocycles. The van der Waals surface area contributed by atoms with E-state index in [0.29, 0.717) is 12.1 Å². The number of hydrogen-bond acceptors (Lipinski definition) is 4. The molecule has 1 saturated carbocycles. The van der Waals surface area contributed by atoms with Crippen LogP contribution in [0.15, 0.2) is 12.4 Å². The van der Waals surface area contributed by atoms with Crippen molar-refractivity contribution in [2.45, 2.75) is 64.6 Å². The summed E-state index contributed by atoms with van der Waals surface area (Å²) >= 11 is 0. The quantitative estimate of drug-likeness (QED) is 0.928. The van der Waals surface area contributed by atoms with Gasteiger partial charge in [-0.15, -0.1) is 0 Å². The Bertz CT molecular complexity index is 439. The molecule has 2 aliphatic rings. The van der Waals surface area contributed by atoms with E-state index >= 15 is 0 Å². The van der Waals surface area contributed by atoms with Crippen LogP contribution in [0.1, 0.15) is 50.4 Å². The molecular weight excluding hydrogens is 260 g/mol. The van der Waals surface area contributed by atoms with Crippen molar-refractivity contribution in [2.75, 3.05) is 13.1 Å². The Morgan fingerprint density at radius 2 is 2.00 bits per heavy atom. The zero-order valence-electron chi connectivity index (χ0n) is 13.4. The second-order valence-corrected chi connectivity index (χ2v) is 6.84. The first-order chi connectivity index (χ1) is 10.2. The molecule has 0 aromatic carbocycles. The first kappa shape index (κ1) is 14.9. The van der Waals surface area contributed by atoms with Crippen molar-refractivity contribution < 1.29 is 0 Å². The van der Waals surface area contributed by atoms with Crippen molar-refractivity contribution in [3.8, 4) is 0 Å². The van der Waals surface area contributed by atoms with E-state index in [1.807, 2.05) is 19.3 Å². The molecule has 1 aliphatic heterocycles. The molecule has 2 fully saturated rings. The zero-order chi connectivity index (χ0) is 14.7. The number of nitrogens with zero attached hydrogens (tertiary/aromatic N) is 3. The SMILES string of the molecule is Cc1cnc(CN2CC(C3CCCCC3)NCC2C)cn1. The van der Waals surface area contributed by atoms with Gasteiger partial charge in [0.15, 0.2) is 0 Å². The fraction of sp³-hybridized carbons (Fsp3) is 0.765. The summed E-state index contributed by atoms with van der Waals surface area (Å²) in [7, 11) is 0. The molecule has 1 N–H and O–H groups in total. The average Bonchev–Trinajstić information content (AvgIpc) is 2.52. The van der Waals surface area contributed by atoms with E-state index < -0.39 is 0 Å². The van der Waals surface area contributed by atoms with Gasteiger partial charge in [-0.05, 0) is 32.6 Å². The smallest absolute Gasteiger partial charge is 0.0727 e. The minimum absolute atomic E-state index is 0.577. The highest BCUT2D eigenvalue weighted by Crippen LogP contribution is 2.28. The van der Waals surface area contributed by atoms with Crippen molar-refractivity contribution >= 4 is 0 Å². The Morgan fingerprint density at radius 3 is 2.71 bits per heavy atom. The number of nitrogens with one attached hydrogen (secondary N) is 1. The lowest BCUT2D eigenvalue weighted by Gasteiger charge is -2.42. The van der Waals surface area contributed by atoms with Crippen molar-refractivity contribution in [1.82, 2.24) is 20.2 Å². The minimum Gasteiger partial charge on any atom is -0.311 e. The fourth-order valence-electron chi connectivity index (χ4n) is 3.73. The van der Waals surface area contributed by atoms with E-state index in [2.05, 4.69) is 27.1 Å². The van der Waals surface area contributed by atoms with Gasteiger partial charge >= 0.3 is 0 Å². The predicted octanol–water partition coefficient (Wildman–Crippen LogP) is 2.53. The van der Waals surface area contributed by atoms with Gasteiger partial charge in [-0.1, -0.05) is 19.3 Å². The Labute approximate surface area is 128 Å². The lowest BCUT2D eigenvalue weighted by Crippen LogP contribution is -2.57. The number of hydrogen-bond donors (Lipinski definition) is 1. The molecule has 0 radical (unpaired) electrons.